The zero-order valence-corrected chi connectivity index (χ0v) is 17.4. The molecule has 1 N–H and O–H groups in total. The van der Waals surface area contributed by atoms with E-state index < -0.39 is 12.0 Å². The summed E-state index contributed by atoms with van der Waals surface area (Å²) < 4.78 is 39.9. The van der Waals surface area contributed by atoms with Crippen LogP contribution in [-0.4, -0.2) is 48.9 Å². The molecule has 0 unspecified atom stereocenters. The second kappa shape index (κ2) is 8.21. The Bertz CT molecular complexity index is 1160. The molecule has 32 heavy (non-hydrogen) atoms. The maximum absolute atomic E-state index is 12.9. The number of fused-ring (bicyclic) bond motifs is 1. The lowest BCUT2D eigenvalue weighted by Gasteiger charge is -2.20. The van der Waals surface area contributed by atoms with Crippen molar-refractivity contribution in [3.63, 3.8) is 0 Å². The summed E-state index contributed by atoms with van der Waals surface area (Å²) in [5.74, 6) is -1.96. The van der Waals surface area contributed by atoms with E-state index in [0.29, 0.717) is 17.8 Å². The Morgan fingerprint density at radius 3 is 2.56 bits per heavy atom. The Kier molecular flexibility index (Phi) is 5.57. The molecule has 0 spiro atoms. The number of carbonyl (C=O) groups excluding carboxylic acids is 2. The van der Waals surface area contributed by atoms with Crippen LogP contribution in [0.1, 0.15) is 31.7 Å². The molecule has 168 valence electrons. The normalized spacial score (nSPS) is 16.9. The first kappa shape index (κ1) is 21.7. The quantitative estimate of drug-likeness (QED) is 0.651. The van der Waals surface area contributed by atoms with Gasteiger partial charge in [-0.15, -0.1) is 5.10 Å². The molecule has 1 fully saturated rings. The summed E-state index contributed by atoms with van der Waals surface area (Å²) in [6.45, 7) is 4.52. The molecular formula is C21H21F3N6O2. The van der Waals surface area contributed by atoms with E-state index in [0.717, 1.165) is 10.1 Å². The van der Waals surface area contributed by atoms with Crippen molar-refractivity contribution in [2.45, 2.75) is 39.0 Å². The Labute approximate surface area is 181 Å². The molecule has 1 atom stereocenters. The molecule has 3 heterocycles. The van der Waals surface area contributed by atoms with Crippen molar-refractivity contribution >= 4 is 17.6 Å². The Morgan fingerprint density at radius 1 is 1.22 bits per heavy atom. The van der Waals surface area contributed by atoms with Crippen molar-refractivity contribution in [1.29, 1.82) is 0 Å². The van der Waals surface area contributed by atoms with Crippen molar-refractivity contribution in [2.75, 3.05) is 6.54 Å². The Balaban J connectivity index is 1.45. The number of benzene rings is 1. The molecule has 1 aromatic carbocycles. The van der Waals surface area contributed by atoms with Gasteiger partial charge in [0.2, 0.25) is 11.8 Å². The van der Waals surface area contributed by atoms with Crippen LogP contribution < -0.4 is 5.32 Å². The van der Waals surface area contributed by atoms with Crippen molar-refractivity contribution in [1.82, 2.24) is 29.8 Å². The SMILES string of the molecule is CC(C)N1C[C@@H](C(=O)NCc2ccc(-c3ccnc4nc(C(F)(F)F)nn34)cc2)CC1=O. The van der Waals surface area contributed by atoms with Crippen LogP contribution in [0.5, 0.6) is 0 Å². The van der Waals surface area contributed by atoms with Crippen molar-refractivity contribution in [2.24, 2.45) is 5.92 Å². The molecule has 2 amide bonds. The van der Waals surface area contributed by atoms with Gasteiger partial charge in [0.15, 0.2) is 0 Å². The number of alkyl halides is 3. The maximum atomic E-state index is 12.9. The van der Waals surface area contributed by atoms with Crippen LogP contribution in [0.3, 0.4) is 0 Å². The molecule has 1 saturated heterocycles. The number of nitrogens with one attached hydrogen (secondary N) is 1. The molecule has 0 saturated carbocycles. The van der Waals surface area contributed by atoms with Crippen LogP contribution >= 0.6 is 0 Å². The highest BCUT2D eigenvalue weighted by atomic mass is 19.4. The van der Waals surface area contributed by atoms with E-state index in [1.165, 1.54) is 6.20 Å². The van der Waals surface area contributed by atoms with Gasteiger partial charge >= 0.3 is 6.18 Å². The van der Waals surface area contributed by atoms with E-state index in [1.807, 2.05) is 13.8 Å². The van der Waals surface area contributed by atoms with Gasteiger partial charge in [0.05, 0.1) is 11.6 Å². The first-order chi connectivity index (χ1) is 15.1. The van der Waals surface area contributed by atoms with Crippen LogP contribution in [-0.2, 0) is 22.3 Å². The summed E-state index contributed by atoms with van der Waals surface area (Å²) in [6.07, 6.45) is -3.08. The molecule has 1 aliphatic rings. The highest BCUT2D eigenvalue weighted by Crippen LogP contribution is 2.28. The van der Waals surface area contributed by atoms with Gasteiger partial charge in [-0.3, -0.25) is 9.59 Å². The first-order valence-electron chi connectivity index (χ1n) is 10.1. The zero-order valence-electron chi connectivity index (χ0n) is 17.4. The van der Waals surface area contributed by atoms with Crippen LogP contribution in [0.25, 0.3) is 17.0 Å². The van der Waals surface area contributed by atoms with Crippen LogP contribution in [0.2, 0.25) is 0 Å². The largest absolute Gasteiger partial charge is 0.453 e. The number of nitrogens with zero attached hydrogens (tertiary/aromatic N) is 5. The molecular weight excluding hydrogens is 425 g/mol. The summed E-state index contributed by atoms with van der Waals surface area (Å²) >= 11 is 0. The van der Waals surface area contributed by atoms with E-state index in [1.54, 1.807) is 35.2 Å². The topological polar surface area (TPSA) is 92.5 Å². The van der Waals surface area contributed by atoms with E-state index in [2.05, 4.69) is 20.4 Å². The lowest BCUT2D eigenvalue weighted by atomic mass is 10.1. The fourth-order valence-corrected chi connectivity index (χ4v) is 3.67. The van der Waals surface area contributed by atoms with Gasteiger partial charge < -0.3 is 10.2 Å². The minimum Gasteiger partial charge on any atom is -0.352 e. The molecule has 4 rings (SSSR count). The lowest BCUT2D eigenvalue weighted by Crippen LogP contribution is -2.35. The van der Waals surface area contributed by atoms with Crippen molar-refractivity contribution in [3.8, 4) is 11.3 Å². The van der Waals surface area contributed by atoms with E-state index in [4.69, 9.17) is 0 Å². The fraction of sp³-hybridized carbons (Fsp3) is 0.381. The zero-order chi connectivity index (χ0) is 23.0. The van der Waals surface area contributed by atoms with E-state index in [9.17, 15) is 22.8 Å². The molecule has 0 aliphatic carbocycles. The van der Waals surface area contributed by atoms with Gasteiger partial charge in [-0.05, 0) is 25.5 Å². The summed E-state index contributed by atoms with van der Waals surface area (Å²) in [5, 5.41) is 6.39. The third-order valence-electron chi connectivity index (χ3n) is 5.36. The number of carbonyl (C=O) groups is 2. The predicted octanol–water partition coefficient (Wildman–Crippen LogP) is 2.68. The Hall–Kier alpha value is -3.50. The molecule has 3 aromatic rings. The second-order valence-electron chi connectivity index (χ2n) is 7.93. The molecule has 0 bridgehead atoms. The smallest absolute Gasteiger partial charge is 0.352 e. The average molecular weight is 446 g/mol. The third-order valence-corrected chi connectivity index (χ3v) is 5.36. The minimum absolute atomic E-state index is 0.0186. The number of halogens is 3. The molecule has 11 heteroatoms. The molecule has 0 radical (unpaired) electrons. The highest BCUT2D eigenvalue weighted by molar-refractivity contribution is 5.89. The standard InChI is InChI=1S/C21H21F3N6O2/c1-12(2)29-11-15(9-17(29)31)18(32)26-10-13-3-5-14(6-4-13)16-7-8-25-20-27-19(21(22,23)24)28-30(16)20/h3-8,12,15H,9-11H2,1-2H3,(H,26,32)/t15-/m0/s1. The predicted molar refractivity (Wildman–Crippen MR) is 108 cm³/mol. The number of hydrogen-bond donors (Lipinski definition) is 1. The minimum atomic E-state index is -4.66. The van der Waals surface area contributed by atoms with Crippen molar-refractivity contribution < 1.29 is 22.8 Å². The lowest BCUT2D eigenvalue weighted by molar-refractivity contribution is -0.144. The average Bonchev–Trinajstić information content (AvgIpc) is 3.36. The maximum Gasteiger partial charge on any atom is 0.453 e. The highest BCUT2D eigenvalue weighted by Gasteiger charge is 2.37. The van der Waals surface area contributed by atoms with Gasteiger partial charge in [0.25, 0.3) is 11.6 Å². The fourth-order valence-electron chi connectivity index (χ4n) is 3.67. The second-order valence-corrected chi connectivity index (χ2v) is 7.93. The Morgan fingerprint density at radius 2 is 1.94 bits per heavy atom. The summed E-state index contributed by atoms with van der Waals surface area (Å²) in [6, 6.07) is 8.60. The number of aromatic nitrogens is 4. The number of likely N-dealkylation sites (tertiary alicyclic amines) is 1. The van der Waals surface area contributed by atoms with Gasteiger partial charge in [-0.2, -0.15) is 22.7 Å². The van der Waals surface area contributed by atoms with Gasteiger partial charge in [0.1, 0.15) is 0 Å². The van der Waals surface area contributed by atoms with Crippen LogP contribution in [0.4, 0.5) is 13.2 Å². The molecule has 8 nitrogen and oxygen atoms in total. The monoisotopic (exact) mass is 446 g/mol. The summed E-state index contributed by atoms with van der Waals surface area (Å²) in [4.78, 5) is 33.4. The number of hydrogen-bond acceptors (Lipinski definition) is 5. The summed E-state index contributed by atoms with van der Waals surface area (Å²) in [5.41, 5.74) is 1.85. The van der Waals surface area contributed by atoms with Crippen molar-refractivity contribution in [3.05, 3.63) is 47.9 Å². The molecule has 2 aromatic heterocycles. The van der Waals surface area contributed by atoms with Crippen LogP contribution in [0.15, 0.2) is 36.5 Å². The van der Waals surface area contributed by atoms with Crippen LogP contribution in [0, 0.1) is 5.92 Å². The number of amides is 2. The third kappa shape index (κ3) is 4.27. The first-order valence-corrected chi connectivity index (χ1v) is 10.1. The molecule has 1 aliphatic heterocycles. The van der Waals surface area contributed by atoms with Gasteiger partial charge in [0, 0.05) is 37.3 Å². The van der Waals surface area contributed by atoms with E-state index >= 15 is 0 Å². The van der Waals surface area contributed by atoms with Gasteiger partial charge in [-0.25, -0.2) is 4.98 Å². The van der Waals surface area contributed by atoms with Gasteiger partial charge in [-0.1, -0.05) is 24.3 Å². The number of rotatable bonds is 5. The van der Waals surface area contributed by atoms with E-state index in [-0.39, 0.29) is 42.5 Å². The summed E-state index contributed by atoms with van der Waals surface area (Å²) in [7, 11) is 0.